The molecule has 0 saturated carbocycles. The van der Waals surface area contributed by atoms with Crippen molar-refractivity contribution >= 4 is 52.1 Å². The third-order valence-corrected chi connectivity index (χ3v) is 13.4. The Morgan fingerprint density at radius 1 is 0.875 bits per heavy atom. The monoisotopic (exact) mass is 776 g/mol. The maximum atomic E-state index is 13.5. The number of piperidine rings is 3. The summed E-state index contributed by atoms with van der Waals surface area (Å²) in [6.07, 6.45) is 6.53. The Bertz CT molecular complexity index is 1960. The smallest absolute Gasteiger partial charge is 0.253 e. The Balaban J connectivity index is 0.762. The summed E-state index contributed by atoms with van der Waals surface area (Å²) in [6, 6.07) is 24.5. The molecule has 1 spiro atoms. The molecule has 5 aliphatic heterocycles. The Morgan fingerprint density at radius 3 is 2.29 bits per heavy atom. The van der Waals surface area contributed by atoms with Crippen molar-refractivity contribution in [2.75, 3.05) is 85.5 Å². The van der Waals surface area contributed by atoms with Crippen LogP contribution in [-0.2, 0) is 9.59 Å². The number of carbonyl (C=O) groups is 3. The molecule has 0 bridgehead atoms. The van der Waals surface area contributed by atoms with Crippen molar-refractivity contribution in [3.8, 4) is 6.07 Å². The largest absolute Gasteiger partial charge is 0.374 e. The fourth-order valence-electron chi connectivity index (χ4n) is 9.73. The van der Waals surface area contributed by atoms with Gasteiger partial charge in [-0.15, -0.1) is 0 Å². The van der Waals surface area contributed by atoms with Crippen molar-refractivity contribution in [2.45, 2.75) is 64.0 Å². The first kappa shape index (κ1) is 38.1. The van der Waals surface area contributed by atoms with Crippen LogP contribution < -0.4 is 25.3 Å². The van der Waals surface area contributed by atoms with Crippen LogP contribution in [0.1, 0.15) is 67.8 Å². The molecule has 5 heterocycles. The van der Waals surface area contributed by atoms with Crippen LogP contribution in [-0.4, -0.2) is 105 Å². The topological polar surface area (TPSA) is 115 Å². The van der Waals surface area contributed by atoms with E-state index in [0.29, 0.717) is 35.4 Å². The summed E-state index contributed by atoms with van der Waals surface area (Å²) in [5, 5.41) is 15.5. The molecule has 2 atom stereocenters. The van der Waals surface area contributed by atoms with Gasteiger partial charge in [0.05, 0.1) is 10.6 Å². The second-order valence-electron chi connectivity index (χ2n) is 16.7. The Kier molecular flexibility index (Phi) is 11.1. The highest BCUT2D eigenvalue weighted by Crippen LogP contribution is 2.46. The summed E-state index contributed by atoms with van der Waals surface area (Å²) in [6.45, 7) is 11.7. The number of rotatable bonds is 8. The number of nitrogens with zero attached hydrogens (tertiary/aromatic N) is 6. The standard InChI is InChI=1S/C44H53ClN8O3/c1-31-27-44(30-53(31)38-10-7-34(28-46)39(45)26-38)15-19-51(20-16-44)36-8-5-33(6-9-36)43(56)52-23-21-49(22-24-52)29-32-13-17-50(18-14-32)37-4-2-3-35(25-37)47-40-11-12-41(54)48-42(40)55/h2-10,25-26,31-32,40,47H,11-24,27,29-30H2,1H3,(H,48,54,55)/t31-,40+/m0/s1. The number of benzene rings is 3. The molecule has 0 radical (unpaired) electrons. The molecule has 2 N–H and O–H groups in total. The maximum Gasteiger partial charge on any atom is 0.253 e. The highest BCUT2D eigenvalue weighted by atomic mass is 35.5. The molecule has 8 rings (SSSR count). The van der Waals surface area contributed by atoms with Crippen LogP contribution in [0.4, 0.5) is 22.7 Å². The first-order valence-corrected chi connectivity index (χ1v) is 20.8. The molecule has 5 fully saturated rings. The lowest BCUT2D eigenvalue weighted by atomic mass is 9.76. The average Bonchev–Trinajstić information content (AvgIpc) is 3.54. The molecule has 0 aromatic heterocycles. The predicted octanol–water partition coefficient (Wildman–Crippen LogP) is 5.99. The summed E-state index contributed by atoms with van der Waals surface area (Å²) in [4.78, 5) is 49.2. The van der Waals surface area contributed by atoms with Crippen molar-refractivity contribution < 1.29 is 14.4 Å². The van der Waals surface area contributed by atoms with Gasteiger partial charge in [-0.2, -0.15) is 5.26 Å². The molecule has 0 aliphatic carbocycles. The third-order valence-electron chi connectivity index (χ3n) is 13.1. The van der Waals surface area contributed by atoms with Gasteiger partial charge in [-0.25, -0.2) is 0 Å². The van der Waals surface area contributed by atoms with E-state index < -0.39 is 0 Å². The first-order chi connectivity index (χ1) is 27.1. The zero-order chi connectivity index (χ0) is 38.8. The molecule has 0 unspecified atom stereocenters. The molecule has 3 aromatic rings. The third kappa shape index (κ3) is 8.33. The number of imide groups is 1. The van der Waals surface area contributed by atoms with E-state index in [1.165, 1.54) is 5.69 Å². The minimum absolute atomic E-state index is 0.124. The van der Waals surface area contributed by atoms with Crippen LogP contribution in [0.2, 0.25) is 5.02 Å². The number of piperazine rings is 1. The van der Waals surface area contributed by atoms with Crippen LogP contribution >= 0.6 is 11.6 Å². The molecule has 3 amide bonds. The van der Waals surface area contributed by atoms with Gasteiger partial charge >= 0.3 is 0 Å². The van der Waals surface area contributed by atoms with Crippen LogP contribution in [0.3, 0.4) is 0 Å². The molecule has 56 heavy (non-hydrogen) atoms. The Hall–Kier alpha value is -4.79. The summed E-state index contributed by atoms with van der Waals surface area (Å²) in [5.41, 5.74) is 5.90. The van der Waals surface area contributed by atoms with E-state index in [0.717, 1.165) is 120 Å². The van der Waals surface area contributed by atoms with Crippen molar-refractivity contribution in [1.29, 1.82) is 5.26 Å². The molecule has 5 aliphatic rings. The Labute approximate surface area is 335 Å². The van der Waals surface area contributed by atoms with E-state index >= 15 is 0 Å². The Morgan fingerprint density at radius 2 is 1.59 bits per heavy atom. The second kappa shape index (κ2) is 16.4. The van der Waals surface area contributed by atoms with Crippen molar-refractivity contribution in [2.24, 2.45) is 11.3 Å². The zero-order valence-corrected chi connectivity index (χ0v) is 33.1. The number of carbonyl (C=O) groups excluding carboxylic acids is 3. The summed E-state index contributed by atoms with van der Waals surface area (Å²) in [5.74, 6) is 0.299. The van der Waals surface area contributed by atoms with Gasteiger partial charge in [-0.1, -0.05) is 17.7 Å². The maximum absolute atomic E-state index is 13.5. The fraction of sp³-hybridized carbons (Fsp3) is 0.500. The fourth-order valence-corrected chi connectivity index (χ4v) is 9.95. The SMILES string of the molecule is C[C@H]1CC2(CCN(c3ccc(C(=O)N4CCN(CC5CCN(c6cccc(N[C@@H]7CCC(=O)NC7=O)c6)CC5)CC4)cc3)CC2)CN1c1ccc(C#N)c(Cl)c1. The van der Waals surface area contributed by atoms with Crippen molar-refractivity contribution in [1.82, 2.24) is 15.1 Å². The van der Waals surface area contributed by atoms with E-state index in [1.807, 2.05) is 47.4 Å². The van der Waals surface area contributed by atoms with E-state index in [1.54, 1.807) is 0 Å². The highest BCUT2D eigenvalue weighted by Gasteiger charge is 2.44. The average molecular weight is 777 g/mol. The lowest BCUT2D eigenvalue weighted by molar-refractivity contribution is -0.133. The van der Waals surface area contributed by atoms with Crippen molar-refractivity contribution in [3.63, 3.8) is 0 Å². The van der Waals surface area contributed by atoms with Gasteiger partial charge in [0.1, 0.15) is 12.1 Å². The van der Waals surface area contributed by atoms with Gasteiger partial charge in [0.2, 0.25) is 11.8 Å². The molecule has 294 valence electrons. The lowest BCUT2D eigenvalue weighted by Crippen LogP contribution is -2.50. The summed E-state index contributed by atoms with van der Waals surface area (Å²) in [7, 11) is 0. The van der Waals surface area contributed by atoms with Crippen LogP contribution in [0.25, 0.3) is 0 Å². The number of amides is 3. The van der Waals surface area contributed by atoms with E-state index in [4.69, 9.17) is 11.6 Å². The number of nitrogens with one attached hydrogen (secondary N) is 2. The highest BCUT2D eigenvalue weighted by molar-refractivity contribution is 6.32. The molecular weight excluding hydrogens is 724 g/mol. The van der Waals surface area contributed by atoms with Gasteiger partial charge in [-0.3, -0.25) is 24.6 Å². The summed E-state index contributed by atoms with van der Waals surface area (Å²) >= 11 is 6.38. The van der Waals surface area contributed by atoms with E-state index in [-0.39, 0.29) is 29.2 Å². The molecule has 3 aromatic carbocycles. The second-order valence-corrected chi connectivity index (χ2v) is 17.1. The van der Waals surface area contributed by atoms with Crippen LogP contribution in [0, 0.1) is 22.7 Å². The predicted molar refractivity (Wildman–Crippen MR) is 221 cm³/mol. The first-order valence-electron chi connectivity index (χ1n) is 20.4. The lowest BCUT2D eigenvalue weighted by Gasteiger charge is -2.40. The number of nitriles is 1. The number of hydrogen-bond acceptors (Lipinski definition) is 9. The number of anilines is 4. The quantitative estimate of drug-likeness (QED) is 0.267. The zero-order valence-electron chi connectivity index (χ0n) is 32.4. The number of halogens is 1. The van der Waals surface area contributed by atoms with Crippen molar-refractivity contribution in [3.05, 3.63) is 82.9 Å². The van der Waals surface area contributed by atoms with Gasteiger partial charge in [0.15, 0.2) is 0 Å². The summed E-state index contributed by atoms with van der Waals surface area (Å²) < 4.78 is 0. The van der Waals surface area contributed by atoms with E-state index in [2.05, 4.69) is 67.5 Å². The van der Waals surface area contributed by atoms with Gasteiger partial charge in [0, 0.05) is 106 Å². The van der Waals surface area contributed by atoms with Crippen LogP contribution in [0.5, 0.6) is 0 Å². The van der Waals surface area contributed by atoms with Gasteiger partial charge < -0.3 is 24.9 Å². The molecular formula is C44H53ClN8O3. The van der Waals surface area contributed by atoms with Gasteiger partial charge in [-0.05, 0) is 117 Å². The normalized spacial score (nSPS) is 23.3. The molecule has 11 nitrogen and oxygen atoms in total. The minimum atomic E-state index is -0.387. The molecule has 5 saturated heterocycles. The van der Waals surface area contributed by atoms with Gasteiger partial charge in [0.25, 0.3) is 5.91 Å². The van der Waals surface area contributed by atoms with E-state index in [9.17, 15) is 19.6 Å². The minimum Gasteiger partial charge on any atom is -0.374 e. The molecule has 12 heteroatoms. The number of hydrogen-bond donors (Lipinski definition) is 2. The van der Waals surface area contributed by atoms with Crippen LogP contribution in [0.15, 0.2) is 66.7 Å².